The van der Waals surface area contributed by atoms with Crippen LogP contribution in [0, 0.1) is 11.8 Å². The molecule has 1 fully saturated rings. The minimum atomic E-state index is 0.175. The molecule has 0 amide bonds. The molecule has 0 bridgehead atoms. The van der Waals surface area contributed by atoms with E-state index in [-0.39, 0.29) is 5.41 Å². The van der Waals surface area contributed by atoms with Crippen LogP contribution in [-0.2, 0) is 12.0 Å². The van der Waals surface area contributed by atoms with Gasteiger partial charge < -0.3 is 5.32 Å². The van der Waals surface area contributed by atoms with Crippen LogP contribution in [0.5, 0.6) is 0 Å². The number of nitrogens with zero attached hydrogens (tertiary/aromatic N) is 1. The van der Waals surface area contributed by atoms with Crippen LogP contribution in [-0.4, -0.2) is 11.5 Å². The fraction of sp³-hybridized carbons (Fsp3) is 0.800. The van der Waals surface area contributed by atoms with Crippen molar-refractivity contribution in [2.75, 3.05) is 6.54 Å². The number of thiazole rings is 1. The average molecular weight is 266 g/mol. The van der Waals surface area contributed by atoms with Gasteiger partial charge in [0.05, 0.1) is 5.69 Å². The van der Waals surface area contributed by atoms with Gasteiger partial charge in [-0.1, -0.05) is 40.5 Å². The van der Waals surface area contributed by atoms with Crippen LogP contribution in [0.3, 0.4) is 0 Å². The standard InChI is InChI=1S/C15H26N2S/c1-11-6-5-7-12(11)8-16-9-14-17-13(10-18-14)15(2,3)4/h10-12,16H,5-9H2,1-4H3. The van der Waals surface area contributed by atoms with Crippen molar-refractivity contribution in [3.63, 3.8) is 0 Å². The van der Waals surface area contributed by atoms with Crippen molar-refractivity contribution >= 4 is 11.3 Å². The molecule has 1 saturated carbocycles. The molecule has 1 aliphatic rings. The lowest BCUT2D eigenvalue weighted by atomic mass is 9.93. The van der Waals surface area contributed by atoms with Crippen LogP contribution in [0.2, 0.25) is 0 Å². The second-order valence-electron chi connectivity index (χ2n) is 6.68. The average Bonchev–Trinajstić information content (AvgIpc) is 2.88. The van der Waals surface area contributed by atoms with Gasteiger partial charge in [-0.05, 0) is 24.8 Å². The van der Waals surface area contributed by atoms with E-state index in [1.807, 2.05) is 0 Å². The van der Waals surface area contributed by atoms with Crippen LogP contribution in [0.25, 0.3) is 0 Å². The van der Waals surface area contributed by atoms with Crippen LogP contribution in [0.1, 0.15) is 57.7 Å². The molecule has 2 nitrogen and oxygen atoms in total. The molecule has 2 rings (SSSR count). The quantitative estimate of drug-likeness (QED) is 0.892. The fourth-order valence-corrected chi connectivity index (χ4v) is 3.62. The van der Waals surface area contributed by atoms with Crippen molar-refractivity contribution in [3.8, 4) is 0 Å². The fourth-order valence-electron chi connectivity index (χ4n) is 2.63. The molecule has 1 aromatic heterocycles. The second-order valence-corrected chi connectivity index (χ2v) is 7.62. The SMILES string of the molecule is CC1CCCC1CNCc1nc(C(C)(C)C)cs1. The highest BCUT2D eigenvalue weighted by molar-refractivity contribution is 7.09. The molecule has 1 aliphatic carbocycles. The first-order valence-corrected chi connectivity index (χ1v) is 8.00. The Morgan fingerprint density at radius 3 is 2.72 bits per heavy atom. The van der Waals surface area contributed by atoms with Gasteiger partial charge in [0.15, 0.2) is 0 Å². The third-order valence-electron chi connectivity index (χ3n) is 4.04. The van der Waals surface area contributed by atoms with Gasteiger partial charge in [-0.3, -0.25) is 0 Å². The minimum absolute atomic E-state index is 0.175. The topological polar surface area (TPSA) is 24.9 Å². The maximum Gasteiger partial charge on any atom is 0.107 e. The second kappa shape index (κ2) is 5.70. The van der Waals surface area contributed by atoms with Crippen LogP contribution in [0.15, 0.2) is 5.38 Å². The highest BCUT2D eigenvalue weighted by Crippen LogP contribution is 2.30. The molecule has 1 N–H and O–H groups in total. The summed E-state index contributed by atoms with van der Waals surface area (Å²) in [5.74, 6) is 1.78. The summed E-state index contributed by atoms with van der Waals surface area (Å²) in [4.78, 5) is 4.72. The van der Waals surface area contributed by atoms with E-state index in [0.717, 1.165) is 24.9 Å². The van der Waals surface area contributed by atoms with E-state index in [9.17, 15) is 0 Å². The maximum absolute atomic E-state index is 4.72. The lowest BCUT2D eigenvalue weighted by molar-refractivity contribution is 0.391. The van der Waals surface area contributed by atoms with Gasteiger partial charge in [-0.25, -0.2) is 4.98 Å². The third-order valence-corrected chi connectivity index (χ3v) is 4.89. The van der Waals surface area contributed by atoms with E-state index >= 15 is 0 Å². The summed E-state index contributed by atoms with van der Waals surface area (Å²) in [5, 5.41) is 7.02. The molecular weight excluding hydrogens is 240 g/mol. The summed E-state index contributed by atoms with van der Waals surface area (Å²) < 4.78 is 0. The van der Waals surface area contributed by atoms with Crippen LogP contribution in [0.4, 0.5) is 0 Å². The summed E-state index contributed by atoms with van der Waals surface area (Å²) in [6.07, 6.45) is 4.23. The molecule has 1 aromatic rings. The van der Waals surface area contributed by atoms with Crippen molar-refractivity contribution in [3.05, 3.63) is 16.1 Å². The molecule has 0 radical (unpaired) electrons. The molecule has 2 unspecified atom stereocenters. The number of nitrogens with one attached hydrogen (secondary N) is 1. The lowest BCUT2D eigenvalue weighted by Crippen LogP contribution is -2.24. The molecule has 0 aromatic carbocycles. The van der Waals surface area contributed by atoms with Gasteiger partial charge in [0.25, 0.3) is 0 Å². The van der Waals surface area contributed by atoms with Crippen molar-refractivity contribution in [1.29, 1.82) is 0 Å². The number of rotatable bonds is 4. The summed E-state index contributed by atoms with van der Waals surface area (Å²) in [6, 6.07) is 0. The first kappa shape index (κ1) is 14.0. The molecular formula is C15H26N2S. The van der Waals surface area contributed by atoms with E-state index in [2.05, 4.69) is 38.4 Å². The van der Waals surface area contributed by atoms with E-state index < -0.39 is 0 Å². The number of hydrogen-bond acceptors (Lipinski definition) is 3. The molecule has 1 heterocycles. The lowest BCUT2D eigenvalue weighted by Gasteiger charge is -2.15. The van der Waals surface area contributed by atoms with E-state index in [1.165, 1.54) is 30.0 Å². The van der Waals surface area contributed by atoms with Gasteiger partial charge in [-0.15, -0.1) is 11.3 Å². The van der Waals surface area contributed by atoms with Gasteiger partial charge in [0.1, 0.15) is 5.01 Å². The Balaban J connectivity index is 1.78. The molecule has 0 spiro atoms. The van der Waals surface area contributed by atoms with Gasteiger partial charge in [0, 0.05) is 17.3 Å². The predicted molar refractivity (Wildman–Crippen MR) is 79.0 cm³/mol. The molecule has 18 heavy (non-hydrogen) atoms. The number of hydrogen-bond donors (Lipinski definition) is 1. The third kappa shape index (κ3) is 3.55. The molecule has 2 atom stereocenters. The van der Waals surface area contributed by atoms with Crippen LogP contribution >= 0.6 is 11.3 Å². The Morgan fingerprint density at radius 2 is 2.17 bits per heavy atom. The summed E-state index contributed by atoms with van der Waals surface area (Å²) >= 11 is 1.79. The molecule has 0 aliphatic heterocycles. The Morgan fingerprint density at radius 1 is 1.39 bits per heavy atom. The first-order valence-electron chi connectivity index (χ1n) is 7.12. The van der Waals surface area contributed by atoms with Crippen LogP contribution < -0.4 is 5.32 Å². The van der Waals surface area contributed by atoms with Crippen molar-refractivity contribution in [2.45, 2.75) is 58.9 Å². The van der Waals surface area contributed by atoms with Crippen molar-refractivity contribution in [1.82, 2.24) is 10.3 Å². The summed E-state index contributed by atoms with van der Waals surface area (Å²) in [7, 11) is 0. The van der Waals surface area contributed by atoms with E-state index in [1.54, 1.807) is 11.3 Å². The smallest absolute Gasteiger partial charge is 0.107 e. The Bertz CT molecular complexity index is 378. The first-order chi connectivity index (χ1) is 8.47. The molecule has 102 valence electrons. The predicted octanol–water partition coefficient (Wildman–Crippen LogP) is 3.97. The Kier molecular flexibility index (Phi) is 4.44. The number of aromatic nitrogens is 1. The monoisotopic (exact) mass is 266 g/mol. The highest BCUT2D eigenvalue weighted by atomic mass is 32.1. The molecule has 3 heteroatoms. The minimum Gasteiger partial charge on any atom is -0.310 e. The summed E-state index contributed by atoms with van der Waals surface area (Å²) in [5.41, 5.74) is 1.40. The van der Waals surface area contributed by atoms with Crippen molar-refractivity contribution in [2.24, 2.45) is 11.8 Å². The zero-order chi connectivity index (χ0) is 13.2. The Hall–Kier alpha value is -0.410. The van der Waals surface area contributed by atoms with E-state index in [0.29, 0.717) is 0 Å². The molecule has 0 saturated heterocycles. The van der Waals surface area contributed by atoms with E-state index in [4.69, 9.17) is 4.98 Å². The largest absolute Gasteiger partial charge is 0.310 e. The maximum atomic E-state index is 4.72. The van der Waals surface area contributed by atoms with Gasteiger partial charge >= 0.3 is 0 Å². The van der Waals surface area contributed by atoms with Gasteiger partial charge in [-0.2, -0.15) is 0 Å². The summed E-state index contributed by atoms with van der Waals surface area (Å²) in [6.45, 7) is 11.1. The zero-order valence-corrected chi connectivity index (χ0v) is 12.9. The highest BCUT2D eigenvalue weighted by Gasteiger charge is 2.23. The Labute approximate surface area is 115 Å². The van der Waals surface area contributed by atoms with Crippen molar-refractivity contribution < 1.29 is 0 Å². The zero-order valence-electron chi connectivity index (χ0n) is 12.1. The normalized spacial score (nSPS) is 24.7. The van der Waals surface area contributed by atoms with Gasteiger partial charge in [0.2, 0.25) is 0 Å².